The minimum Gasteiger partial charge on any atom is -0.508 e. The van der Waals surface area contributed by atoms with Crippen molar-refractivity contribution in [1.29, 1.82) is 0 Å². The second kappa shape index (κ2) is 6.23. The van der Waals surface area contributed by atoms with Crippen molar-refractivity contribution in [2.75, 3.05) is 7.11 Å². The molecule has 0 unspecified atom stereocenters. The Balaban J connectivity index is 2.09. The molecule has 3 heteroatoms. The fraction of sp³-hybridized carbons (Fsp3) is 0.333. The standard InChI is InChI=1S/C21H24O3/c1-14(2)6-5-11-21(3)19-9-7-15(22)12-17(19)18-13-16(23-4)8-10-20(18)24-21/h6-10,12-13,22H,5,11H2,1-4H3/t21-/m0/s1. The molecule has 1 atom stereocenters. The summed E-state index contributed by atoms with van der Waals surface area (Å²) in [6.45, 7) is 6.34. The van der Waals surface area contributed by atoms with Crippen molar-refractivity contribution in [3.8, 4) is 28.4 Å². The first-order valence-electron chi connectivity index (χ1n) is 8.27. The summed E-state index contributed by atoms with van der Waals surface area (Å²) in [6, 6.07) is 11.3. The van der Waals surface area contributed by atoms with Crippen LogP contribution in [0.1, 0.15) is 39.2 Å². The monoisotopic (exact) mass is 324 g/mol. The first-order valence-corrected chi connectivity index (χ1v) is 8.27. The van der Waals surface area contributed by atoms with E-state index in [4.69, 9.17) is 9.47 Å². The number of allylic oxidation sites excluding steroid dienone is 2. The van der Waals surface area contributed by atoms with Gasteiger partial charge < -0.3 is 14.6 Å². The number of fused-ring (bicyclic) bond motifs is 3. The molecular formula is C21H24O3. The van der Waals surface area contributed by atoms with Gasteiger partial charge in [0.05, 0.1) is 7.11 Å². The topological polar surface area (TPSA) is 38.7 Å². The van der Waals surface area contributed by atoms with Gasteiger partial charge in [0.15, 0.2) is 0 Å². The van der Waals surface area contributed by atoms with Crippen LogP contribution in [-0.2, 0) is 5.60 Å². The number of aromatic hydroxyl groups is 1. The second-order valence-electron chi connectivity index (χ2n) is 6.75. The number of phenolic OH excluding ortho intramolecular Hbond substituents is 1. The lowest BCUT2D eigenvalue weighted by Gasteiger charge is -2.38. The lowest BCUT2D eigenvalue weighted by molar-refractivity contribution is 0.0750. The summed E-state index contributed by atoms with van der Waals surface area (Å²) >= 11 is 0. The Bertz CT molecular complexity index is 788. The van der Waals surface area contributed by atoms with Gasteiger partial charge in [-0.3, -0.25) is 0 Å². The Kier molecular flexibility index (Phi) is 4.27. The normalized spacial score (nSPS) is 18.2. The van der Waals surface area contributed by atoms with Crippen molar-refractivity contribution in [2.24, 2.45) is 0 Å². The van der Waals surface area contributed by atoms with E-state index >= 15 is 0 Å². The Hall–Kier alpha value is -2.42. The molecule has 0 saturated heterocycles. The van der Waals surface area contributed by atoms with Crippen LogP contribution in [0.25, 0.3) is 11.1 Å². The molecule has 0 fully saturated rings. The predicted octanol–water partition coefficient (Wildman–Crippen LogP) is 5.42. The van der Waals surface area contributed by atoms with Crippen molar-refractivity contribution in [3.05, 3.63) is 53.6 Å². The average molecular weight is 324 g/mol. The molecule has 1 N–H and O–H groups in total. The van der Waals surface area contributed by atoms with Gasteiger partial charge in [0, 0.05) is 11.1 Å². The molecule has 0 saturated carbocycles. The highest BCUT2D eigenvalue weighted by molar-refractivity contribution is 5.78. The Morgan fingerprint density at radius 3 is 2.67 bits per heavy atom. The third-order valence-electron chi connectivity index (χ3n) is 4.56. The molecule has 2 aromatic carbocycles. The quantitative estimate of drug-likeness (QED) is 0.763. The van der Waals surface area contributed by atoms with E-state index < -0.39 is 5.60 Å². The Morgan fingerprint density at radius 1 is 1.17 bits per heavy atom. The molecule has 0 radical (unpaired) electrons. The number of rotatable bonds is 4. The molecule has 0 aliphatic carbocycles. The van der Waals surface area contributed by atoms with Gasteiger partial charge in [-0.15, -0.1) is 0 Å². The second-order valence-corrected chi connectivity index (χ2v) is 6.75. The van der Waals surface area contributed by atoms with Gasteiger partial charge in [0.25, 0.3) is 0 Å². The number of hydrogen-bond acceptors (Lipinski definition) is 3. The van der Waals surface area contributed by atoms with Gasteiger partial charge in [0.1, 0.15) is 22.8 Å². The lowest BCUT2D eigenvalue weighted by atomic mass is 9.82. The van der Waals surface area contributed by atoms with Crippen LogP contribution in [0.4, 0.5) is 0 Å². The van der Waals surface area contributed by atoms with E-state index in [-0.39, 0.29) is 5.75 Å². The van der Waals surface area contributed by atoms with Crippen LogP contribution in [0, 0.1) is 0 Å². The highest BCUT2D eigenvalue weighted by atomic mass is 16.5. The van der Waals surface area contributed by atoms with Crippen LogP contribution < -0.4 is 9.47 Å². The molecule has 3 rings (SSSR count). The first-order chi connectivity index (χ1) is 11.4. The average Bonchev–Trinajstić information content (AvgIpc) is 2.54. The highest BCUT2D eigenvalue weighted by Gasteiger charge is 2.36. The van der Waals surface area contributed by atoms with Gasteiger partial charge in [0.2, 0.25) is 0 Å². The largest absolute Gasteiger partial charge is 0.508 e. The van der Waals surface area contributed by atoms with Gasteiger partial charge in [-0.05, 0) is 69.5 Å². The lowest BCUT2D eigenvalue weighted by Crippen LogP contribution is -2.32. The molecule has 0 bridgehead atoms. The van der Waals surface area contributed by atoms with Crippen LogP contribution in [0.15, 0.2) is 48.0 Å². The molecule has 0 spiro atoms. The first kappa shape index (κ1) is 16.4. The maximum Gasteiger partial charge on any atom is 0.132 e. The zero-order valence-electron chi connectivity index (χ0n) is 14.7. The molecular weight excluding hydrogens is 300 g/mol. The van der Waals surface area contributed by atoms with Crippen molar-refractivity contribution in [1.82, 2.24) is 0 Å². The SMILES string of the molecule is COc1ccc2c(c1)-c1cc(O)ccc1[C@](C)(CCC=C(C)C)O2. The van der Waals surface area contributed by atoms with Crippen molar-refractivity contribution in [3.63, 3.8) is 0 Å². The summed E-state index contributed by atoms with van der Waals surface area (Å²) < 4.78 is 11.7. The van der Waals surface area contributed by atoms with Crippen molar-refractivity contribution >= 4 is 0 Å². The molecule has 1 aliphatic heterocycles. The predicted molar refractivity (Wildman–Crippen MR) is 96.7 cm³/mol. The van der Waals surface area contributed by atoms with Crippen LogP contribution in [-0.4, -0.2) is 12.2 Å². The Labute approximate surface area is 143 Å². The summed E-state index contributed by atoms with van der Waals surface area (Å²) in [5, 5.41) is 9.98. The molecule has 0 aromatic heterocycles. The van der Waals surface area contributed by atoms with Gasteiger partial charge in [-0.2, -0.15) is 0 Å². The summed E-state index contributed by atoms with van der Waals surface area (Å²) in [6.07, 6.45) is 4.06. The maximum absolute atomic E-state index is 9.98. The van der Waals surface area contributed by atoms with Crippen LogP contribution in [0.2, 0.25) is 0 Å². The fourth-order valence-corrected chi connectivity index (χ4v) is 3.27. The number of methoxy groups -OCH3 is 1. The number of phenols is 1. The van der Waals surface area contributed by atoms with Crippen LogP contribution in [0.5, 0.6) is 17.2 Å². The minimum absolute atomic E-state index is 0.260. The van der Waals surface area contributed by atoms with Crippen LogP contribution in [0.3, 0.4) is 0 Å². The zero-order valence-corrected chi connectivity index (χ0v) is 14.7. The third kappa shape index (κ3) is 2.99. The van der Waals surface area contributed by atoms with Crippen molar-refractivity contribution < 1.29 is 14.6 Å². The van der Waals surface area contributed by atoms with Gasteiger partial charge in [-0.25, -0.2) is 0 Å². The molecule has 1 heterocycles. The van der Waals surface area contributed by atoms with E-state index in [2.05, 4.69) is 26.8 Å². The number of ether oxygens (including phenoxy) is 2. The van der Waals surface area contributed by atoms with E-state index in [0.717, 1.165) is 41.0 Å². The van der Waals surface area contributed by atoms with Crippen molar-refractivity contribution in [2.45, 2.75) is 39.2 Å². The molecule has 24 heavy (non-hydrogen) atoms. The molecule has 1 aliphatic rings. The third-order valence-corrected chi connectivity index (χ3v) is 4.56. The number of benzene rings is 2. The van der Waals surface area contributed by atoms with Gasteiger partial charge in [-0.1, -0.05) is 17.7 Å². The zero-order chi connectivity index (χ0) is 17.3. The minimum atomic E-state index is -0.420. The summed E-state index contributed by atoms with van der Waals surface area (Å²) in [5.41, 5.74) is 3.96. The fourth-order valence-electron chi connectivity index (χ4n) is 3.27. The van der Waals surface area contributed by atoms with E-state index in [1.807, 2.05) is 30.3 Å². The molecule has 3 nitrogen and oxygen atoms in total. The van der Waals surface area contributed by atoms with Gasteiger partial charge >= 0.3 is 0 Å². The summed E-state index contributed by atoms with van der Waals surface area (Å²) in [7, 11) is 1.65. The molecule has 126 valence electrons. The molecule has 2 aromatic rings. The summed E-state index contributed by atoms with van der Waals surface area (Å²) in [4.78, 5) is 0. The van der Waals surface area contributed by atoms with E-state index in [1.165, 1.54) is 5.57 Å². The smallest absolute Gasteiger partial charge is 0.132 e. The summed E-state index contributed by atoms with van der Waals surface area (Å²) in [5.74, 6) is 1.87. The van der Waals surface area contributed by atoms with E-state index in [0.29, 0.717) is 0 Å². The van der Waals surface area contributed by atoms with Crippen LogP contribution >= 0.6 is 0 Å². The maximum atomic E-state index is 9.98. The Morgan fingerprint density at radius 2 is 1.96 bits per heavy atom. The molecule has 0 amide bonds. The van der Waals surface area contributed by atoms with E-state index in [1.54, 1.807) is 13.2 Å². The van der Waals surface area contributed by atoms with E-state index in [9.17, 15) is 5.11 Å². The number of hydrogen-bond donors (Lipinski definition) is 1. The highest BCUT2D eigenvalue weighted by Crippen LogP contribution is 2.49.